The minimum atomic E-state index is -0.670. The van der Waals surface area contributed by atoms with Crippen LogP contribution in [0.2, 0.25) is 0 Å². The fourth-order valence-electron chi connectivity index (χ4n) is 9.24. The fraction of sp³-hybridized carbons (Fsp3) is 0.871. The van der Waals surface area contributed by atoms with E-state index in [1.165, 1.54) is 238 Å². The van der Waals surface area contributed by atoms with Crippen LogP contribution in [0.4, 0.5) is 0 Å². The van der Waals surface area contributed by atoms with E-state index in [1.54, 1.807) is 0 Å². The number of aliphatic hydroxyl groups excluding tert-OH is 2. The van der Waals surface area contributed by atoms with Crippen LogP contribution in [-0.2, 0) is 14.3 Å². The molecule has 0 aliphatic rings. The highest BCUT2D eigenvalue weighted by atomic mass is 16.5. The van der Waals surface area contributed by atoms with Gasteiger partial charge in [0.2, 0.25) is 5.91 Å². The Labute approximate surface area is 424 Å². The molecule has 68 heavy (non-hydrogen) atoms. The first-order valence-electron chi connectivity index (χ1n) is 30.2. The van der Waals surface area contributed by atoms with E-state index in [2.05, 4.69) is 55.6 Å². The van der Waals surface area contributed by atoms with E-state index in [-0.39, 0.29) is 18.5 Å². The summed E-state index contributed by atoms with van der Waals surface area (Å²) in [7, 11) is 0. The number of unbranched alkanes of at least 4 members (excludes halogenated alkanes) is 39. The van der Waals surface area contributed by atoms with Crippen LogP contribution in [0.5, 0.6) is 0 Å². The zero-order valence-electron chi connectivity index (χ0n) is 45.6. The van der Waals surface area contributed by atoms with Gasteiger partial charge in [0.1, 0.15) is 0 Å². The molecule has 0 aliphatic carbocycles. The number of carbonyl (C=O) groups is 2. The highest BCUT2D eigenvalue weighted by Gasteiger charge is 2.20. The molecule has 0 aromatic rings. The molecule has 3 N–H and O–H groups in total. The van der Waals surface area contributed by atoms with Crippen molar-refractivity contribution in [2.45, 2.75) is 334 Å². The Morgan fingerprint density at radius 1 is 0.412 bits per heavy atom. The van der Waals surface area contributed by atoms with Crippen molar-refractivity contribution in [2.24, 2.45) is 0 Å². The van der Waals surface area contributed by atoms with E-state index >= 15 is 0 Å². The molecule has 0 heterocycles. The monoisotopic (exact) mass is 956 g/mol. The second-order valence-electron chi connectivity index (χ2n) is 20.7. The molecule has 2 unspecified atom stereocenters. The minimum absolute atomic E-state index is 0.00641. The summed E-state index contributed by atoms with van der Waals surface area (Å²) in [6.07, 6.45) is 71.4. The highest BCUT2D eigenvalue weighted by molar-refractivity contribution is 5.76. The molecule has 0 aromatic carbocycles. The number of amides is 1. The number of allylic oxidation sites excluding steroid dienone is 6. The maximum absolute atomic E-state index is 12.5. The largest absolute Gasteiger partial charge is 0.466 e. The number of nitrogens with one attached hydrogen (secondary N) is 1. The van der Waals surface area contributed by atoms with Crippen molar-refractivity contribution >= 4 is 11.9 Å². The average molecular weight is 957 g/mol. The zero-order valence-corrected chi connectivity index (χ0v) is 45.6. The SMILES string of the molecule is CCCC/C=C\C/C=C\CCCCCCCC(=O)OCCCCCCCCCCCC/C=C\CCCCCCCCCC(=O)NC(CO)C(O)CCCCCCCCCCCCCCCCCC. The molecule has 0 rings (SSSR count). The van der Waals surface area contributed by atoms with Crippen LogP contribution < -0.4 is 5.32 Å². The summed E-state index contributed by atoms with van der Waals surface area (Å²) in [6, 6.07) is -0.548. The first kappa shape index (κ1) is 66.1. The van der Waals surface area contributed by atoms with Gasteiger partial charge in [0.25, 0.3) is 0 Å². The van der Waals surface area contributed by atoms with Crippen molar-refractivity contribution in [3.05, 3.63) is 36.5 Å². The molecule has 400 valence electrons. The van der Waals surface area contributed by atoms with Gasteiger partial charge in [0.05, 0.1) is 25.4 Å². The normalized spacial score (nSPS) is 12.8. The number of ether oxygens (including phenoxy) is 1. The molecular weight excluding hydrogens is 839 g/mol. The third kappa shape index (κ3) is 53.4. The number of carbonyl (C=O) groups excluding carboxylic acids is 2. The lowest BCUT2D eigenvalue weighted by atomic mass is 10.0. The van der Waals surface area contributed by atoms with Crippen LogP contribution >= 0.6 is 0 Å². The van der Waals surface area contributed by atoms with Gasteiger partial charge in [-0.25, -0.2) is 0 Å². The van der Waals surface area contributed by atoms with E-state index in [4.69, 9.17) is 4.74 Å². The quantitative estimate of drug-likeness (QED) is 0.0321. The summed E-state index contributed by atoms with van der Waals surface area (Å²) in [5.74, 6) is -0.0480. The molecule has 0 saturated heterocycles. The number of esters is 1. The molecule has 0 aromatic heterocycles. The number of hydrogen-bond acceptors (Lipinski definition) is 5. The maximum Gasteiger partial charge on any atom is 0.305 e. The summed E-state index contributed by atoms with van der Waals surface area (Å²) in [4.78, 5) is 24.5. The number of hydrogen-bond donors (Lipinski definition) is 3. The average Bonchev–Trinajstić information content (AvgIpc) is 3.34. The fourth-order valence-corrected chi connectivity index (χ4v) is 9.24. The van der Waals surface area contributed by atoms with Gasteiger partial charge in [-0.05, 0) is 77.0 Å². The lowest BCUT2D eigenvalue weighted by Crippen LogP contribution is -2.45. The van der Waals surface area contributed by atoms with Crippen molar-refractivity contribution in [3.8, 4) is 0 Å². The Morgan fingerprint density at radius 3 is 1.18 bits per heavy atom. The van der Waals surface area contributed by atoms with Gasteiger partial charge in [-0.1, -0.05) is 269 Å². The Balaban J connectivity index is 3.43. The summed E-state index contributed by atoms with van der Waals surface area (Å²) in [6.45, 7) is 4.91. The highest BCUT2D eigenvalue weighted by Crippen LogP contribution is 2.17. The van der Waals surface area contributed by atoms with E-state index in [0.717, 1.165) is 51.4 Å². The van der Waals surface area contributed by atoms with Gasteiger partial charge in [-0.2, -0.15) is 0 Å². The van der Waals surface area contributed by atoms with Crippen molar-refractivity contribution < 1.29 is 24.5 Å². The van der Waals surface area contributed by atoms with E-state index < -0.39 is 12.1 Å². The maximum atomic E-state index is 12.5. The molecule has 0 spiro atoms. The molecule has 6 nitrogen and oxygen atoms in total. The van der Waals surface area contributed by atoms with Crippen LogP contribution in [0, 0.1) is 0 Å². The van der Waals surface area contributed by atoms with Crippen molar-refractivity contribution in [2.75, 3.05) is 13.2 Å². The molecule has 0 radical (unpaired) electrons. The van der Waals surface area contributed by atoms with Gasteiger partial charge < -0.3 is 20.3 Å². The molecular formula is C62H117NO5. The van der Waals surface area contributed by atoms with Crippen molar-refractivity contribution in [1.82, 2.24) is 5.32 Å². The van der Waals surface area contributed by atoms with Crippen molar-refractivity contribution in [1.29, 1.82) is 0 Å². The Bertz CT molecular complexity index is 1100. The third-order valence-corrected chi connectivity index (χ3v) is 13.9. The van der Waals surface area contributed by atoms with Crippen LogP contribution in [0.15, 0.2) is 36.5 Å². The predicted molar refractivity (Wildman–Crippen MR) is 296 cm³/mol. The first-order chi connectivity index (χ1) is 33.5. The standard InChI is InChI=1S/C62H117NO5/c1-3-5-7-9-11-13-15-17-19-27-30-34-38-42-46-50-54-60(65)59(58-64)63-61(66)55-51-47-43-39-35-31-28-25-23-21-20-22-24-26-29-33-37-41-45-49-53-57-68-62(67)56-52-48-44-40-36-32-18-16-14-12-10-8-6-4-2/h10,12,16,18,21,23,59-60,64-65H,3-9,11,13-15,17,19-20,22,24-58H2,1-2H3,(H,63,66)/b12-10-,18-16-,23-21-. The second-order valence-corrected chi connectivity index (χ2v) is 20.7. The predicted octanol–water partition coefficient (Wildman–Crippen LogP) is 18.8. The summed E-state index contributed by atoms with van der Waals surface area (Å²) in [5, 5.41) is 23.3. The smallest absolute Gasteiger partial charge is 0.305 e. The van der Waals surface area contributed by atoms with Crippen LogP contribution in [0.3, 0.4) is 0 Å². The first-order valence-corrected chi connectivity index (χ1v) is 30.2. The lowest BCUT2D eigenvalue weighted by Gasteiger charge is -2.22. The van der Waals surface area contributed by atoms with Gasteiger partial charge in [-0.3, -0.25) is 9.59 Å². The number of rotatable bonds is 56. The van der Waals surface area contributed by atoms with Gasteiger partial charge in [0, 0.05) is 12.8 Å². The zero-order chi connectivity index (χ0) is 49.3. The summed E-state index contributed by atoms with van der Waals surface area (Å²) in [5.41, 5.74) is 0. The topological polar surface area (TPSA) is 95.9 Å². The molecule has 1 amide bonds. The molecule has 0 bridgehead atoms. The summed E-state index contributed by atoms with van der Waals surface area (Å²) >= 11 is 0. The number of aliphatic hydroxyl groups is 2. The molecule has 0 aliphatic heterocycles. The Kier molecular flexibility index (Phi) is 56.0. The van der Waals surface area contributed by atoms with Crippen molar-refractivity contribution in [3.63, 3.8) is 0 Å². The molecule has 0 saturated carbocycles. The van der Waals surface area contributed by atoms with E-state index in [1.807, 2.05) is 0 Å². The van der Waals surface area contributed by atoms with Crippen LogP contribution in [0.1, 0.15) is 322 Å². The minimum Gasteiger partial charge on any atom is -0.466 e. The van der Waals surface area contributed by atoms with Gasteiger partial charge in [0.15, 0.2) is 0 Å². The Hall–Kier alpha value is -1.92. The van der Waals surface area contributed by atoms with Crippen LogP contribution in [-0.4, -0.2) is 47.4 Å². The summed E-state index contributed by atoms with van der Waals surface area (Å²) < 4.78 is 5.47. The Morgan fingerprint density at radius 2 is 0.750 bits per heavy atom. The van der Waals surface area contributed by atoms with Crippen LogP contribution in [0.25, 0.3) is 0 Å². The van der Waals surface area contributed by atoms with Gasteiger partial charge in [-0.15, -0.1) is 0 Å². The molecule has 2 atom stereocenters. The molecule has 0 fully saturated rings. The second kappa shape index (κ2) is 57.7. The molecule has 6 heteroatoms. The lowest BCUT2D eigenvalue weighted by molar-refractivity contribution is -0.143. The third-order valence-electron chi connectivity index (χ3n) is 13.9. The van der Waals surface area contributed by atoms with Gasteiger partial charge >= 0.3 is 5.97 Å². The van der Waals surface area contributed by atoms with E-state index in [0.29, 0.717) is 25.9 Å². The van der Waals surface area contributed by atoms with E-state index in [9.17, 15) is 19.8 Å².